The van der Waals surface area contributed by atoms with E-state index in [-0.39, 0.29) is 11.7 Å². The summed E-state index contributed by atoms with van der Waals surface area (Å²) < 4.78 is 15.5. The molecule has 0 aliphatic rings. The molecule has 0 aliphatic heterocycles. The Kier molecular flexibility index (Phi) is 3.07. The van der Waals surface area contributed by atoms with Gasteiger partial charge in [0, 0.05) is 6.92 Å². The largest absolute Gasteiger partial charge is 0.305 e. The second-order valence-electron chi connectivity index (χ2n) is 3.42. The smallest absolute Gasteiger partial charge is 0.245 e. The fraction of sp³-hybridized carbons (Fsp3) is 0.167. The molecule has 0 aliphatic carbocycles. The predicted octanol–water partition coefficient (Wildman–Crippen LogP) is 1.92. The minimum absolute atomic E-state index is 0.303. The molecular weight excluding hydrogens is 239 g/mol. The predicted molar refractivity (Wildman–Crippen MR) is 64.9 cm³/mol. The minimum atomic E-state index is -0.319. The summed E-state index contributed by atoms with van der Waals surface area (Å²) in [6, 6.07) is 4.41. The molecule has 0 saturated heterocycles. The van der Waals surface area contributed by atoms with E-state index < -0.39 is 0 Å². The van der Waals surface area contributed by atoms with Crippen molar-refractivity contribution in [3.05, 3.63) is 28.8 Å². The average molecular weight is 248 g/mol. The number of benzene rings is 1. The van der Waals surface area contributed by atoms with Gasteiger partial charge < -0.3 is 4.57 Å². The molecule has 0 N–H and O–H groups in total. The number of rotatable bonds is 1. The van der Waals surface area contributed by atoms with Crippen molar-refractivity contribution in [2.75, 3.05) is 0 Å². The molecule has 0 saturated carbocycles. The first-order valence-corrected chi connectivity index (χ1v) is 5.71. The Morgan fingerprint density at radius 2 is 2.41 bits per heavy atom. The lowest BCUT2D eigenvalue weighted by molar-refractivity contribution is -0.116. The van der Waals surface area contributed by atoms with Gasteiger partial charge in [0.15, 0.2) is 4.80 Å². The Bertz CT molecular complexity index is 691. The fourth-order valence-corrected chi connectivity index (χ4v) is 2.61. The van der Waals surface area contributed by atoms with E-state index >= 15 is 0 Å². The summed E-state index contributed by atoms with van der Waals surface area (Å²) in [4.78, 5) is 15.4. The second kappa shape index (κ2) is 4.52. The van der Waals surface area contributed by atoms with E-state index in [1.165, 1.54) is 30.4 Å². The number of hydrogen-bond acceptors (Lipinski definition) is 2. The molecule has 3 nitrogen and oxygen atoms in total. The summed E-state index contributed by atoms with van der Waals surface area (Å²) in [6.07, 6.45) is 5.27. The molecule has 0 bridgehead atoms. The fourth-order valence-electron chi connectivity index (χ4n) is 1.51. The van der Waals surface area contributed by atoms with Crippen LogP contribution in [0.1, 0.15) is 6.92 Å². The van der Waals surface area contributed by atoms with Gasteiger partial charge in [-0.25, -0.2) is 4.39 Å². The summed E-state index contributed by atoms with van der Waals surface area (Å²) in [6.45, 7) is 1.67. The van der Waals surface area contributed by atoms with Gasteiger partial charge in [0.2, 0.25) is 5.91 Å². The summed E-state index contributed by atoms with van der Waals surface area (Å²) in [7, 11) is 0. The molecule has 1 aromatic carbocycles. The van der Waals surface area contributed by atoms with Crippen molar-refractivity contribution >= 4 is 27.5 Å². The van der Waals surface area contributed by atoms with Crippen molar-refractivity contribution in [3.63, 3.8) is 0 Å². The molecule has 86 valence electrons. The van der Waals surface area contributed by atoms with Crippen LogP contribution in [0.3, 0.4) is 0 Å². The highest BCUT2D eigenvalue weighted by atomic mass is 32.1. The molecule has 0 atom stereocenters. The molecule has 0 spiro atoms. The zero-order chi connectivity index (χ0) is 12.4. The van der Waals surface area contributed by atoms with Crippen LogP contribution in [0, 0.1) is 18.2 Å². The van der Waals surface area contributed by atoms with Crippen molar-refractivity contribution in [1.29, 1.82) is 0 Å². The maximum absolute atomic E-state index is 13.1. The first-order chi connectivity index (χ1) is 8.11. The van der Waals surface area contributed by atoms with E-state index in [0.717, 1.165) is 10.2 Å². The Hall–Kier alpha value is -1.93. The maximum Gasteiger partial charge on any atom is 0.245 e. The Morgan fingerprint density at radius 3 is 3.06 bits per heavy atom. The van der Waals surface area contributed by atoms with E-state index in [2.05, 4.69) is 10.9 Å². The number of carbonyl (C=O) groups is 1. The molecule has 0 fully saturated rings. The van der Waals surface area contributed by atoms with E-state index in [1.54, 1.807) is 10.6 Å². The summed E-state index contributed by atoms with van der Waals surface area (Å²) in [5, 5.41) is 0. The lowest BCUT2D eigenvalue weighted by Gasteiger charge is -1.98. The molecule has 5 heteroatoms. The number of hydrogen-bond donors (Lipinski definition) is 0. The first kappa shape index (κ1) is 11.6. The topological polar surface area (TPSA) is 34.4 Å². The van der Waals surface area contributed by atoms with Crippen LogP contribution in [-0.2, 0) is 11.3 Å². The minimum Gasteiger partial charge on any atom is -0.305 e. The van der Waals surface area contributed by atoms with Gasteiger partial charge in [0.05, 0.1) is 16.8 Å². The number of fused-ring (bicyclic) bond motifs is 1. The zero-order valence-corrected chi connectivity index (χ0v) is 9.92. The van der Waals surface area contributed by atoms with Crippen molar-refractivity contribution < 1.29 is 9.18 Å². The SMILES string of the molecule is C#CCn1c(=NC(C)=O)sc2cc(F)ccc21. The molecule has 2 rings (SSSR count). The molecule has 2 aromatic rings. The van der Waals surface area contributed by atoms with Gasteiger partial charge in [-0.15, -0.1) is 6.42 Å². The van der Waals surface area contributed by atoms with Crippen LogP contribution in [0.15, 0.2) is 23.2 Å². The highest BCUT2D eigenvalue weighted by Gasteiger charge is 2.06. The van der Waals surface area contributed by atoms with Crippen molar-refractivity contribution in [1.82, 2.24) is 4.57 Å². The van der Waals surface area contributed by atoms with E-state index in [4.69, 9.17) is 6.42 Å². The molecule has 1 aromatic heterocycles. The van der Waals surface area contributed by atoms with Crippen molar-refractivity contribution in [3.8, 4) is 12.3 Å². The van der Waals surface area contributed by atoms with Crippen LogP contribution in [0.2, 0.25) is 0 Å². The maximum atomic E-state index is 13.1. The van der Waals surface area contributed by atoms with Gasteiger partial charge in [-0.2, -0.15) is 4.99 Å². The van der Waals surface area contributed by atoms with Gasteiger partial charge >= 0.3 is 0 Å². The zero-order valence-electron chi connectivity index (χ0n) is 9.11. The molecular formula is C12H9FN2OS. The van der Waals surface area contributed by atoms with Crippen LogP contribution >= 0.6 is 11.3 Å². The Morgan fingerprint density at radius 1 is 1.65 bits per heavy atom. The Labute approximate surface area is 101 Å². The van der Waals surface area contributed by atoms with Gasteiger partial charge in [-0.1, -0.05) is 17.3 Å². The van der Waals surface area contributed by atoms with Gasteiger partial charge in [-0.3, -0.25) is 4.79 Å². The third kappa shape index (κ3) is 2.27. The molecule has 1 heterocycles. The molecule has 1 amide bonds. The summed E-state index contributed by atoms with van der Waals surface area (Å²) in [5.41, 5.74) is 0.786. The molecule has 17 heavy (non-hydrogen) atoms. The standard InChI is InChI=1S/C12H9FN2OS/c1-3-6-15-10-5-4-9(13)7-11(10)17-12(15)14-8(2)16/h1,4-5,7H,6H2,2H3. The van der Waals surface area contributed by atoms with E-state index in [1.807, 2.05) is 0 Å². The highest BCUT2D eigenvalue weighted by Crippen LogP contribution is 2.18. The summed E-state index contributed by atoms with van der Waals surface area (Å²) in [5.74, 6) is 1.87. The Balaban J connectivity index is 2.80. The average Bonchev–Trinajstić information content (AvgIpc) is 2.55. The number of carbonyl (C=O) groups excluding carboxylic acids is 1. The number of thiazole rings is 1. The van der Waals surface area contributed by atoms with Crippen LogP contribution in [0.25, 0.3) is 10.2 Å². The monoisotopic (exact) mass is 248 g/mol. The quantitative estimate of drug-likeness (QED) is 0.710. The lowest BCUT2D eigenvalue weighted by Crippen LogP contribution is -2.15. The summed E-state index contributed by atoms with van der Waals surface area (Å²) >= 11 is 1.25. The third-order valence-electron chi connectivity index (χ3n) is 2.15. The van der Waals surface area contributed by atoms with Crippen LogP contribution in [-0.4, -0.2) is 10.5 Å². The van der Waals surface area contributed by atoms with E-state index in [0.29, 0.717) is 11.3 Å². The van der Waals surface area contributed by atoms with Gasteiger partial charge in [0.25, 0.3) is 0 Å². The number of amides is 1. The molecule has 0 radical (unpaired) electrons. The number of halogens is 1. The van der Waals surface area contributed by atoms with Crippen LogP contribution in [0.4, 0.5) is 4.39 Å². The number of aromatic nitrogens is 1. The van der Waals surface area contributed by atoms with Crippen molar-refractivity contribution in [2.45, 2.75) is 13.5 Å². The third-order valence-corrected chi connectivity index (χ3v) is 3.19. The van der Waals surface area contributed by atoms with Crippen LogP contribution in [0.5, 0.6) is 0 Å². The highest BCUT2D eigenvalue weighted by molar-refractivity contribution is 7.16. The van der Waals surface area contributed by atoms with Gasteiger partial charge in [0.1, 0.15) is 5.82 Å². The molecule has 0 unspecified atom stereocenters. The van der Waals surface area contributed by atoms with E-state index in [9.17, 15) is 9.18 Å². The normalized spacial score (nSPS) is 11.7. The first-order valence-electron chi connectivity index (χ1n) is 4.89. The van der Waals surface area contributed by atoms with Crippen LogP contribution < -0.4 is 4.80 Å². The van der Waals surface area contributed by atoms with Crippen molar-refractivity contribution in [2.24, 2.45) is 4.99 Å². The number of terminal acetylenes is 1. The number of nitrogens with zero attached hydrogens (tertiary/aromatic N) is 2. The second-order valence-corrected chi connectivity index (χ2v) is 4.43. The lowest BCUT2D eigenvalue weighted by atomic mass is 10.3. The van der Waals surface area contributed by atoms with Gasteiger partial charge in [-0.05, 0) is 18.2 Å².